The summed E-state index contributed by atoms with van der Waals surface area (Å²) >= 11 is 0. The Labute approximate surface area is 122 Å². The highest BCUT2D eigenvalue weighted by molar-refractivity contribution is 5.85. The van der Waals surface area contributed by atoms with Gasteiger partial charge in [0.05, 0.1) is 19.6 Å². The van der Waals surface area contributed by atoms with Gasteiger partial charge in [-0.25, -0.2) is 0 Å². The Bertz CT molecular complexity index is 687. The van der Waals surface area contributed by atoms with E-state index in [1.165, 1.54) is 0 Å². The summed E-state index contributed by atoms with van der Waals surface area (Å²) in [4.78, 5) is 15.5. The number of carbonyl (C=O) groups is 1. The van der Waals surface area contributed by atoms with Crippen LogP contribution in [0.5, 0.6) is 5.75 Å². The van der Waals surface area contributed by atoms with Gasteiger partial charge in [-0.15, -0.1) is 0 Å². The van der Waals surface area contributed by atoms with E-state index in [9.17, 15) is 10.1 Å². The molecule has 1 atom stereocenters. The maximum Gasteiger partial charge on any atom is 0.304 e. The van der Waals surface area contributed by atoms with Crippen molar-refractivity contribution in [2.75, 3.05) is 20.7 Å². The van der Waals surface area contributed by atoms with Gasteiger partial charge in [0.2, 0.25) is 0 Å². The summed E-state index contributed by atoms with van der Waals surface area (Å²) in [5, 5.41) is 19.1. The molecular formula is C15H17N3O3. The number of aliphatic carboxylic acids is 1. The van der Waals surface area contributed by atoms with Gasteiger partial charge in [0, 0.05) is 29.2 Å². The number of hydrogen-bond donors (Lipinski definition) is 2. The van der Waals surface area contributed by atoms with Crippen LogP contribution in [0.3, 0.4) is 0 Å². The van der Waals surface area contributed by atoms with E-state index in [4.69, 9.17) is 9.84 Å². The summed E-state index contributed by atoms with van der Waals surface area (Å²) in [5.41, 5.74) is 1.73. The van der Waals surface area contributed by atoms with Crippen LogP contribution in [0.1, 0.15) is 18.0 Å². The third kappa shape index (κ3) is 3.15. The van der Waals surface area contributed by atoms with Gasteiger partial charge in [-0.2, -0.15) is 5.26 Å². The molecule has 0 bridgehead atoms. The number of benzene rings is 1. The first-order chi connectivity index (χ1) is 10.1. The smallest absolute Gasteiger partial charge is 0.304 e. The van der Waals surface area contributed by atoms with Crippen LogP contribution in [0, 0.1) is 11.3 Å². The Morgan fingerprint density at radius 2 is 2.33 bits per heavy atom. The molecule has 6 heteroatoms. The molecular weight excluding hydrogens is 270 g/mol. The van der Waals surface area contributed by atoms with Crippen molar-refractivity contribution in [3.63, 3.8) is 0 Å². The van der Waals surface area contributed by atoms with Crippen LogP contribution in [0.15, 0.2) is 24.4 Å². The number of methoxy groups -OCH3 is 1. The lowest BCUT2D eigenvalue weighted by atomic mass is 10.1. The number of rotatable bonds is 6. The van der Waals surface area contributed by atoms with Crippen LogP contribution in [0.25, 0.3) is 10.9 Å². The second kappa shape index (κ2) is 6.29. The minimum Gasteiger partial charge on any atom is -0.497 e. The second-order valence-electron chi connectivity index (χ2n) is 4.81. The standard InChI is InChI=1S/C15H17N3O3/c1-18(6-5-15(19)20)14(8-16)12-9-17-13-4-3-10(21-2)7-11(12)13/h3-4,7,9,14,17H,5-6H2,1-2H3,(H,19,20). The molecule has 1 aromatic heterocycles. The third-order valence-electron chi connectivity index (χ3n) is 3.46. The number of nitrogens with zero attached hydrogens (tertiary/aromatic N) is 2. The van der Waals surface area contributed by atoms with Crippen molar-refractivity contribution in [1.29, 1.82) is 5.26 Å². The van der Waals surface area contributed by atoms with E-state index in [2.05, 4.69) is 11.1 Å². The molecule has 2 N–H and O–H groups in total. The maximum atomic E-state index is 10.7. The van der Waals surface area contributed by atoms with E-state index in [1.807, 2.05) is 18.2 Å². The van der Waals surface area contributed by atoms with Crippen molar-refractivity contribution in [3.8, 4) is 11.8 Å². The summed E-state index contributed by atoms with van der Waals surface area (Å²) in [7, 11) is 3.34. The molecule has 110 valence electrons. The average molecular weight is 287 g/mol. The predicted octanol–water partition coefficient (Wildman–Crippen LogP) is 2.15. The Morgan fingerprint density at radius 3 is 2.95 bits per heavy atom. The first-order valence-electron chi connectivity index (χ1n) is 6.53. The van der Waals surface area contributed by atoms with Crippen molar-refractivity contribution < 1.29 is 14.6 Å². The molecule has 0 spiro atoms. The van der Waals surface area contributed by atoms with Gasteiger partial charge in [-0.1, -0.05) is 0 Å². The molecule has 1 unspecified atom stereocenters. The Kier molecular flexibility index (Phi) is 4.45. The minimum atomic E-state index is -0.876. The Hall–Kier alpha value is -2.52. The number of aromatic amines is 1. The SMILES string of the molecule is COc1ccc2[nH]cc(C(C#N)N(C)CCC(=O)O)c2c1. The number of ether oxygens (including phenoxy) is 1. The van der Waals surface area contributed by atoms with E-state index in [1.54, 1.807) is 25.3 Å². The van der Waals surface area contributed by atoms with Gasteiger partial charge >= 0.3 is 5.97 Å². The van der Waals surface area contributed by atoms with Gasteiger partial charge in [-0.3, -0.25) is 9.69 Å². The largest absolute Gasteiger partial charge is 0.497 e. The Balaban J connectivity index is 2.33. The lowest BCUT2D eigenvalue weighted by molar-refractivity contribution is -0.137. The fraction of sp³-hybridized carbons (Fsp3) is 0.333. The molecule has 0 saturated heterocycles. The van der Waals surface area contributed by atoms with Crippen LogP contribution in [-0.4, -0.2) is 41.7 Å². The normalized spacial score (nSPS) is 12.3. The quantitative estimate of drug-likeness (QED) is 0.849. The van der Waals surface area contributed by atoms with Crippen LogP contribution in [0.2, 0.25) is 0 Å². The number of nitriles is 1. The molecule has 0 aliphatic carbocycles. The number of carboxylic acids is 1. The zero-order chi connectivity index (χ0) is 15.4. The van der Waals surface area contributed by atoms with E-state index >= 15 is 0 Å². The van der Waals surface area contributed by atoms with Gasteiger partial charge < -0.3 is 14.8 Å². The predicted molar refractivity (Wildman–Crippen MR) is 78.1 cm³/mol. The molecule has 6 nitrogen and oxygen atoms in total. The average Bonchev–Trinajstić information content (AvgIpc) is 2.89. The third-order valence-corrected chi connectivity index (χ3v) is 3.46. The maximum absolute atomic E-state index is 10.7. The van der Waals surface area contributed by atoms with Gasteiger partial charge in [0.15, 0.2) is 0 Å². The summed E-state index contributed by atoms with van der Waals surface area (Å²) < 4.78 is 5.21. The molecule has 0 radical (unpaired) electrons. The lowest BCUT2D eigenvalue weighted by Gasteiger charge is -2.21. The van der Waals surface area contributed by atoms with E-state index in [0.717, 1.165) is 16.5 Å². The van der Waals surface area contributed by atoms with Crippen molar-refractivity contribution in [2.24, 2.45) is 0 Å². The van der Waals surface area contributed by atoms with Gasteiger partial charge in [0.25, 0.3) is 0 Å². The van der Waals surface area contributed by atoms with E-state index in [0.29, 0.717) is 12.3 Å². The number of aromatic nitrogens is 1. The van der Waals surface area contributed by atoms with Crippen LogP contribution in [-0.2, 0) is 4.79 Å². The highest BCUT2D eigenvalue weighted by Crippen LogP contribution is 2.30. The first kappa shape index (κ1) is 14.9. The number of carboxylic acid groups (broad SMARTS) is 1. The number of hydrogen-bond acceptors (Lipinski definition) is 4. The topological polar surface area (TPSA) is 89.4 Å². The number of fused-ring (bicyclic) bond motifs is 1. The zero-order valence-electron chi connectivity index (χ0n) is 12.0. The molecule has 0 amide bonds. The zero-order valence-corrected chi connectivity index (χ0v) is 12.0. The van der Waals surface area contributed by atoms with Crippen LogP contribution >= 0.6 is 0 Å². The highest BCUT2D eigenvalue weighted by atomic mass is 16.5. The summed E-state index contributed by atoms with van der Waals surface area (Å²) in [6, 6.07) is 7.33. The Morgan fingerprint density at radius 1 is 1.57 bits per heavy atom. The number of nitrogens with one attached hydrogen (secondary N) is 1. The van der Waals surface area contributed by atoms with E-state index in [-0.39, 0.29) is 6.42 Å². The second-order valence-corrected chi connectivity index (χ2v) is 4.81. The molecule has 0 aliphatic heterocycles. The van der Waals surface area contributed by atoms with Crippen molar-refractivity contribution in [2.45, 2.75) is 12.5 Å². The highest BCUT2D eigenvalue weighted by Gasteiger charge is 2.20. The van der Waals surface area contributed by atoms with Crippen molar-refractivity contribution in [1.82, 2.24) is 9.88 Å². The molecule has 1 heterocycles. The summed E-state index contributed by atoms with van der Waals surface area (Å²) in [6.45, 7) is 0.310. The monoisotopic (exact) mass is 287 g/mol. The van der Waals surface area contributed by atoms with Crippen LogP contribution < -0.4 is 4.74 Å². The summed E-state index contributed by atoms with van der Waals surface area (Å²) in [5.74, 6) is -0.160. The molecule has 0 aliphatic rings. The van der Waals surface area contributed by atoms with Gasteiger partial charge in [0.1, 0.15) is 11.8 Å². The molecule has 2 rings (SSSR count). The minimum absolute atomic E-state index is 0.000354. The molecule has 21 heavy (non-hydrogen) atoms. The van der Waals surface area contributed by atoms with Crippen molar-refractivity contribution >= 4 is 16.9 Å². The number of H-pyrrole nitrogens is 1. The molecule has 0 fully saturated rings. The van der Waals surface area contributed by atoms with Crippen molar-refractivity contribution in [3.05, 3.63) is 30.0 Å². The fourth-order valence-electron chi connectivity index (χ4n) is 2.28. The molecule has 2 aromatic rings. The lowest BCUT2D eigenvalue weighted by Crippen LogP contribution is -2.26. The van der Waals surface area contributed by atoms with Crippen LogP contribution in [0.4, 0.5) is 0 Å². The molecule has 1 aromatic carbocycles. The molecule has 0 saturated carbocycles. The summed E-state index contributed by atoms with van der Waals surface area (Å²) in [6.07, 6.45) is 1.79. The first-order valence-corrected chi connectivity index (χ1v) is 6.53. The van der Waals surface area contributed by atoms with E-state index < -0.39 is 12.0 Å². The fourth-order valence-corrected chi connectivity index (χ4v) is 2.28. The van der Waals surface area contributed by atoms with Gasteiger partial charge in [-0.05, 0) is 25.2 Å².